The predicted octanol–water partition coefficient (Wildman–Crippen LogP) is 1.81. The van der Waals surface area contributed by atoms with Gasteiger partial charge < -0.3 is 28.4 Å². The van der Waals surface area contributed by atoms with E-state index >= 15 is 0 Å². The zero-order valence-corrected chi connectivity index (χ0v) is 13.7. The summed E-state index contributed by atoms with van der Waals surface area (Å²) in [6.07, 6.45) is -0.823. The van der Waals surface area contributed by atoms with Crippen LogP contribution in [0.4, 0.5) is 0 Å². The van der Waals surface area contributed by atoms with Gasteiger partial charge in [-0.15, -0.1) is 0 Å². The van der Waals surface area contributed by atoms with Gasteiger partial charge in [0, 0.05) is 0 Å². The average Bonchev–Trinajstić information content (AvgIpc) is 2.68. The molecule has 0 N–H and O–H groups in total. The third-order valence-electron chi connectivity index (χ3n) is 3.96. The molecule has 0 amide bonds. The van der Waals surface area contributed by atoms with Crippen LogP contribution in [-0.2, 0) is 28.4 Å². The van der Waals surface area contributed by atoms with Crippen molar-refractivity contribution in [2.45, 2.75) is 83.3 Å². The first-order valence-corrected chi connectivity index (χ1v) is 7.56. The average molecular weight is 302 g/mol. The molecule has 0 aliphatic carbocycles. The van der Waals surface area contributed by atoms with Gasteiger partial charge in [0.15, 0.2) is 17.4 Å². The third kappa shape index (κ3) is 3.25. The first-order valence-electron chi connectivity index (χ1n) is 7.56. The molecule has 6 heteroatoms. The van der Waals surface area contributed by atoms with Crippen molar-refractivity contribution in [1.82, 2.24) is 0 Å². The molecule has 6 nitrogen and oxygen atoms in total. The Hall–Kier alpha value is -0.240. The van der Waals surface area contributed by atoms with Crippen molar-refractivity contribution < 1.29 is 28.4 Å². The normalized spacial score (nSPS) is 44.3. The second-order valence-corrected chi connectivity index (χ2v) is 7.30. The van der Waals surface area contributed by atoms with E-state index in [4.69, 9.17) is 28.4 Å². The van der Waals surface area contributed by atoms with Crippen molar-refractivity contribution in [2.75, 3.05) is 13.2 Å². The van der Waals surface area contributed by atoms with Gasteiger partial charge in [-0.2, -0.15) is 0 Å². The molecule has 0 saturated carbocycles. The first kappa shape index (κ1) is 15.6. The maximum Gasteiger partial charge on any atom is 0.164 e. The maximum atomic E-state index is 6.11. The van der Waals surface area contributed by atoms with Crippen LogP contribution in [0.5, 0.6) is 0 Å². The summed E-state index contributed by atoms with van der Waals surface area (Å²) in [5.74, 6) is -1.94. The van der Waals surface area contributed by atoms with Crippen LogP contribution in [-0.4, -0.2) is 55.0 Å². The summed E-state index contributed by atoms with van der Waals surface area (Å²) in [7, 11) is 0. The molecule has 4 unspecified atom stereocenters. The largest absolute Gasteiger partial charge is 0.348 e. The van der Waals surface area contributed by atoms with Crippen molar-refractivity contribution in [1.29, 1.82) is 0 Å². The van der Waals surface area contributed by atoms with Gasteiger partial charge in [-0.05, 0) is 41.5 Å². The lowest BCUT2D eigenvalue weighted by Crippen LogP contribution is -2.65. The molecule has 0 aromatic rings. The van der Waals surface area contributed by atoms with Crippen LogP contribution < -0.4 is 0 Å². The molecule has 0 aromatic heterocycles. The van der Waals surface area contributed by atoms with Gasteiger partial charge in [-0.3, -0.25) is 0 Å². The number of hydrogen-bond acceptors (Lipinski definition) is 6. The number of hydrogen-bond donors (Lipinski definition) is 0. The fourth-order valence-electron chi connectivity index (χ4n) is 3.15. The highest BCUT2D eigenvalue weighted by Gasteiger charge is 2.54. The Morgan fingerprint density at radius 3 is 1.48 bits per heavy atom. The minimum atomic E-state index is -0.698. The SMILES string of the molecule is CC1(C)OCC(C2OC(C)(C)OC3COC(C)(C)OC32)O1. The lowest BCUT2D eigenvalue weighted by Gasteiger charge is -2.51. The smallest absolute Gasteiger partial charge is 0.164 e. The van der Waals surface area contributed by atoms with E-state index in [1.54, 1.807) is 0 Å². The van der Waals surface area contributed by atoms with E-state index < -0.39 is 17.4 Å². The Bertz CT molecular complexity index is 405. The second kappa shape index (κ2) is 4.88. The Balaban J connectivity index is 1.81. The molecular formula is C15H26O6. The molecular weight excluding hydrogens is 276 g/mol. The molecule has 3 aliphatic rings. The van der Waals surface area contributed by atoms with Gasteiger partial charge >= 0.3 is 0 Å². The fourth-order valence-corrected chi connectivity index (χ4v) is 3.15. The summed E-state index contributed by atoms with van der Waals surface area (Å²) in [4.78, 5) is 0. The van der Waals surface area contributed by atoms with E-state index in [-0.39, 0.29) is 24.4 Å². The lowest BCUT2D eigenvalue weighted by atomic mass is 9.98. The summed E-state index contributed by atoms with van der Waals surface area (Å²) in [5.41, 5.74) is 0. The van der Waals surface area contributed by atoms with Gasteiger partial charge in [-0.1, -0.05) is 0 Å². The molecule has 0 radical (unpaired) electrons. The van der Waals surface area contributed by atoms with Crippen molar-refractivity contribution in [3.8, 4) is 0 Å². The van der Waals surface area contributed by atoms with E-state index in [9.17, 15) is 0 Å². The molecule has 3 aliphatic heterocycles. The molecule has 122 valence electrons. The van der Waals surface area contributed by atoms with E-state index in [0.717, 1.165) is 0 Å². The maximum absolute atomic E-state index is 6.11. The van der Waals surface area contributed by atoms with Crippen molar-refractivity contribution >= 4 is 0 Å². The molecule has 0 aromatic carbocycles. The van der Waals surface area contributed by atoms with Gasteiger partial charge in [0.05, 0.1) is 13.2 Å². The van der Waals surface area contributed by atoms with E-state index in [1.807, 2.05) is 41.5 Å². The molecule has 3 rings (SSSR count). The summed E-state index contributed by atoms with van der Waals surface area (Å²) in [6, 6.07) is 0. The van der Waals surface area contributed by atoms with Gasteiger partial charge in [0.25, 0.3) is 0 Å². The van der Waals surface area contributed by atoms with Gasteiger partial charge in [-0.25, -0.2) is 0 Å². The van der Waals surface area contributed by atoms with Crippen LogP contribution in [0.1, 0.15) is 41.5 Å². The standard InChI is InChI=1S/C15H26O6/c1-13(2)16-7-9(18-13)12-11-10(19-15(5,6)21-12)8-17-14(3,4)20-11/h9-12H,7-8H2,1-6H3. The number of ether oxygens (including phenoxy) is 6. The van der Waals surface area contributed by atoms with Crippen molar-refractivity contribution in [3.63, 3.8) is 0 Å². The lowest BCUT2D eigenvalue weighted by molar-refractivity contribution is -0.414. The molecule has 21 heavy (non-hydrogen) atoms. The Morgan fingerprint density at radius 2 is 0.952 bits per heavy atom. The molecule has 4 atom stereocenters. The van der Waals surface area contributed by atoms with E-state index in [1.165, 1.54) is 0 Å². The molecule has 3 saturated heterocycles. The van der Waals surface area contributed by atoms with Crippen LogP contribution in [0.2, 0.25) is 0 Å². The van der Waals surface area contributed by atoms with Gasteiger partial charge in [0.2, 0.25) is 0 Å². The number of fused-ring (bicyclic) bond motifs is 1. The van der Waals surface area contributed by atoms with E-state index in [0.29, 0.717) is 13.2 Å². The Labute approximate surface area is 126 Å². The topological polar surface area (TPSA) is 55.4 Å². The molecule has 3 fully saturated rings. The van der Waals surface area contributed by atoms with Crippen LogP contribution in [0.25, 0.3) is 0 Å². The second-order valence-electron chi connectivity index (χ2n) is 7.30. The highest BCUT2D eigenvalue weighted by atomic mass is 16.8. The van der Waals surface area contributed by atoms with Crippen LogP contribution in [0, 0.1) is 0 Å². The monoisotopic (exact) mass is 302 g/mol. The third-order valence-corrected chi connectivity index (χ3v) is 3.96. The first-order chi connectivity index (χ1) is 9.57. The predicted molar refractivity (Wildman–Crippen MR) is 73.6 cm³/mol. The van der Waals surface area contributed by atoms with Crippen LogP contribution >= 0.6 is 0 Å². The Kier molecular flexibility index (Phi) is 3.63. The van der Waals surface area contributed by atoms with Crippen molar-refractivity contribution in [3.05, 3.63) is 0 Å². The summed E-state index contributed by atoms with van der Waals surface area (Å²) < 4.78 is 35.5. The van der Waals surface area contributed by atoms with Crippen LogP contribution in [0.15, 0.2) is 0 Å². The highest BCUT2D eigenvalue weighted by molar-refractivity contribution is 4.95. The molecule has 0 bridgehead atoms. The zero-order valence-electron chi connectivity index (χ0n) is 13.7. The van der Waals surface area contributed by atoms with Gasteiger partial charge in [0.1, 0.15) is 24.4 Å². The Morgan fingerprint density at radius 1 is 0.571 bits per heavy atom. The van der Waals surface area contributed by atoms with E-state index in [2.05, 4.69) is 0 Å². The quantitative estimate of drug-likeness (QED) is 0.736. The molecule has 0 spiro atoms. The zero-order chi connectivity index (χ0) is 15.5. The van der Waals surface area contributed by atoms with Crippen LogP contribution in [0.3, 0.4) is 0 Å². The minimum Gasteiger partial charge on any atom is -0.348 e. The summed E-state index contributed by atoms with van der Waals surface area (Å²) >= 11 is 0. The number of rotatable bonds is 1. The highest BCUT2D eigenvalue weighted by Crippen LogP contribution is 2.39. The summed E-state index contributed by atoms with van der Waals surface area (Å²) in [6.45, 7) is 12.4. The van der Waals surface area contributed by atoms with Crippen molar-refractivity contribution in [2.24, 2.45) is 0 Å². The minimum absolute atomic E-state index is 0.168. The molecule has 3 heterocycles. The summed E-state index contributed by atoms with van der Waals surface area (Å²) in [5, 5.41) is 0. The fraction of sp³-hybridized carbons (Fsp3) is 1.00.